The normalized spacial score (nSPS) is 20.0. The molecule has 0 radical (unpaired) electrons. The Morgan fingerprint density at radius 1 is 1.60 bits per heavy atom. The van der Waals surface area contributed by atoms with E-state index in [9.17, 15) is 4.57 Å². The van der Waals surface area contributed by atoms with E-state index in [0.29, 0.717) is 6.16 Å². The monoisotopic (exact) mass is 166 g/mol. The molecule has 10 heavy (non-hydrogen) atoms. The Labute approximate surface area is 61.4 Å². The van der Waals surface area contributed by atoms with Gasteiger partial charge in [0.2, 0.25) is 0 Å². The molecule has 2 atom stereocenters. The summed E-state index contributed by atoms with van der Waals surface area (Å²) in [6, 6.07) is 0. The van der Waals surface area contributed by atoms with Gasteiger partial charge in [-0.1, -0.05) is 6.92 Å². The predicted octanol–water partition coefficient (Wildman–Crippen LogP) is 0.352. The van der Waals surface area contributed by atoms with Gasteiger partial charge in [0.05, 0.1) is 19.9 Å². The van der Waals surface area contributed by atoms with Gasteiger partial charge >= 0.3 is 0 Å². The van der Waals surface area contributed by atoms with E-state index in [1.54, 1.807) is 6.66 Å². The molecule has 0 aliphatic heterocycles. The fourth-order valence-electron chi connectivity index (χ4n) is 0.633. The molecular formula is C6H15O3P. The van der Waals surface area contributed by atoms with Crippen LogP contribution in [0.25, 0.3) is 0 Å². The molecule has 0 saturated heterocycles. The van der Waals surface area contributed by atoms with Crippen molar-refractivity contribution in [3.63, 3.8) is 0 Å². The summed E-state index contributed by atoms with van der Waals surface area (Å²) in [4.78, 5) is 0. The number of hydrogen-bond acceptors (Lipinski definition) is 3. The number of aliphatic hydroxyl groups excluding tert-OH is 2. The second-order valence-electron chi connectivity index (χ2n) is 2.63. The molecule has 0 aromatic heterocycles. The van der Waals surface area contributed by atoms with Crippen LogP contribution in [0, 0.1) is 0 Å². The lowest BCUT2D eigenvalue weighted by atomic mass is 10.4. The number of aliphatic hydroxyl groups is 2. The molecule has 0 aromatic rings. The maximum Gasteiger partial charge on any atom is 0.0871 e. The van der Waals surface area contributed by atoms with Crippen molar-refractivity contribution in [2.75, 3.05) is 25.6 Å². The van der Waals surface area contributed by atoms with Crippen molar-refractivity contribution in [3.05, 3.63) is 0 Å². The van der Waals surface area contributed by atoms with Crippen molar-refractivity contribution >= 4 is 7.14 Å². The van der Waals surface area contributed by atoms with Gasteiger partial charge in [-0.3, -0.25) is 0 Å². The summed E-state index contributed by atoms with van der Waals surface area (Å²) in [6.45, 7) is 3.18. The van der Waals surface area contributed by atoms with Crippen LogP contribution in [0.2, 0.25) is 0 Å². The summed E-state index contributed by atoms with van der Waals surface area (Å²) in [5.41, 5.74) is 0. The second kappa shape index (κ2) is 4.12. The topological polar surface area (TPSA) is 57.5 Å². The van der Waals surface area contributed by atoms with Crippen LogP contribution in [0.1, 0.15) is 6.92 Å². The van der Waals surface area contributed by atoms with Crippen LogP contribution in [0.15, 0.2) is 0 Å². The van der Waals surface area contributed by atoms with Crippen molar-refractivity contribution in [2.45, 2.75) is 13.0 Å². The standard InChI is InChI=1S/C6H15O3P/c1-3-10(2,9)5-6(8)4-7/h6-8H,3-5H2,1-2H3. The summed E-state index contributed by atoms with van der Waals surface area (Å²) >= 11 is 0. The van der Waals surface area contributed by atoms with Gasteiger partial charge < -0.3 is 14.8 Å². The maximum atomic E-state index is 11.3. The zero-order valence-corrected chi connectivity index (χ0v) is 7.34. The molecule has 4 heteroatoms. The first-order valence-electron chi connectivity index (χ1n) is 3.36. The molecule has 3 nitrogen and oxygen atoms in total. The van der Waals surface area contributed by atoms with Crippen LogP contribution < -0.4 is 0 Å². The van der Waals surface area contributed by atoms with Crippen molar-refractivity contribution in [3.8, 4) is 0 Å². The molecule has 0 amide bonds. The Balaban J connectivity index is 3.77. The largest absolute Gasteiger partial charge is 0.394 e. The van der Waals surface area contributed by atoms with Gasteiger partial charge in [-0.2, -0.15) is 0 Å². The summed E-state index contributed by atoms with van der Waals surface area (Å²) in [6.07, 6.45) is 0.0140. The molecule has 2 unspecified atom stereocenters. The van der Waals surface area contributed by atoms with Gasteiger partial charge in [-0.25, -0.2) is 0 Å². The van der Waals surface area contributed by atoms with Crippen molar-refractivity contribution in [1.82, 2.24) is 0 Å². The zero-order chi connectivity index (χ0) is 8.20. The molecule has 0 heterocycles. The highest BCUT2D eigenvalue weighted by molar-refractivity contribution is 7.63. The van der Waals surface area contributed by atoms with E-state index in [1.165, 1.54) is 0 Å². The van der Waals surface area contributed by atoms with Gasteiger partial charge in [0.15, 0.2) is 0 Å². The van der Waals surface area contributed by atoms with Crippen LogP contribution in [0.3, 0.4) is 0 Å². The molecule has 62 valence electrons. The van der Waals surface area contributed by atoms with Gasteiger partial charge in [0.1, 0.15) is 0 Å². The molecule has 0 aliphatic carbocycles. The lowest BCUT2D eigenvalue weighted by Crippen LogP contribution is -2.17. The minimum Gasteiger partial charge on any atom is -0.394 e. The van der Waals surface area contributed by atoms with Gasteiger partial charge in [-0.15, -0.1) is 0 Å². The Morgan fingerprint density at radius 2 is 2.10 bits per heavy atom. The summed E-state index contributed by atoms with van der Waals surface area (Å²) in [5.74, 6) is 0. The van der Waals surface area contributed by atoms with Crippen molar-refractivity contribution in [2.24, 2.45) is 0 Å². The summed E-state index contributed by atoms with van der Waals surface area (Å²) in [7, 11) is -2.16. The first-order chi connectivity index (χ1) is 4.52. The van der Waals surface area contributed by atoms with E-state index in [0.717, 1.165) is 0 Å². The van der Waals surface area contributed by atoms with Crippen LogP contribution in [-0.2, 0) is 4.57 Å². The van der Waals surface area contributed by atoms with E-state index < -0.39 is 13.2 Å². The first-order valence-corrected chi connectivity index (χ1v) is 5.88. The molecule has 0 fully saturated rings. The van der Waals surface area contributed by atoms with Crippen LogP contribution in [0.5, 0.6) is 0 Å². The van der Waals surface area contributed by atoms with Gasteiger partial charge in [-0.05, 0) is 12.8 Å². The Morgan fingerprint density at radius 3 is 2.40 bits per heavy atom. The van der Waals surface area contributed by atoms with Crippen LogP contribution in [0.4, 0.5) is 0 Å². The average molecular weight is 166 g/mol. The highest BCUT2D eigenvalue weighted by atomic mass is 31.2. The minimum atomic E-state index is -2.16. The molecule has 0 aromatic carbocycles. The van der Waals surface area contributed by atoms with Crippen LogP contribution in [-0.4, -0.2) is 41.9 Å². The van der Waals surface area contributed by atoms with Gasteiger partial charge in [0.25, 0.3) is 0 Å². The first kappa shape index (κ1) is 10.2. The third-order valence-corrected chi connectivity index (χ3v) is 4.01. The predicted molar refractivity (Wildman–Crippen MR) is 42.0 cm³/mol. The summed E-state index contributed by atoms with van der Waals surface area (Å²) < 4.78 is 11.3. The SMILES string of the molecule is CCP(C)(=O)CC(O)CO. The maximum absolute atomic E-state index is 11.3. The smallest absolute Gasteiger partial charge is 0.0871 e. The van der Waals surface area contributed by atoms with E-state index in [2.05, 4.69) is 0 Å². The molecule has 0 rings (SSSR count). The lowest BCUT2D eigenvalue weighted by Gasteiger charge is -2.12. The number of rotatable bonds is 4. The Kier molecular flexibility index (Phi) is 4.18. The van der Waals surface area contributed by atoms with Crippen molar-refractivity contribution in [1.29, 1.82) is 0 Å². The summed E-state index contributed by atoms with van der Waals surface area (Å²) in [5, 5.41) is 17.3. The molecule has 0 aliphatic rings. The molecule has 0 saturated carbocycles. The zero-order valence-electron chi connectivity index (χ0n) is 6.45. The quantitative estimate of drug-likeness (QED) is 0.592. The fourth-order valence-corrected chi connectivity index (χ4v) is 1.90. The van der Waals surface area contributed by atoms with Crippen molar-refractivity contribution < 1.29 is 14.8 Å². The van der Waals surface area contributed by atoms with Gasteiger partial charge in [0, 0.05) is 6.16 Å². The van der Waals surface area contributed by atoms with E-state index in [-0.39, 0.29) is 12.8 Å². The highest BCUT2D eigenvalue weighted by Crippen LogP contribution is 2.40. The third kappa shape index (κ3) is 4.04. The molecular weight excluding hydrogens is 151 g/mol. The highest BCUT2D eigenvalue weighted by Gasteiger charge is 2.16. The van der Waals surface area contributed by atoms with Crippen LogP contribution >= 0.6 is 7.14 Å². The average Bonchev–Trinajstić information content (AvgIpc) is 1.87. The fraction of sp³-hybridized carbons (Fsp3) is 1.00. The van der Waals surface area contributed by atoms with E-state index in [4.69, 9.17) is 10.2 Å². The lowest BCUT2D eigenvalue weighted by molar-refractivity contribution is 0.112. The molecule has 0 bridgehead atoms. The van der Waals surface area contributed by atoms with E-state index >= 15 is 0 Å². The Bertz CT molecular complexity index is 135. The number of hydrogen-bond donors (Lipinski definition) is 2. The minimum absolute atomic E-state index is 0.236. The molecule has 0 spiro atoms. The van der Waals surface area contributed by atoms with E-state index in [1.807, 2.05) is 6.92 Å². The second-order valence-corrected chi connectivity index (χ2v) is 6.22. The molecule has 2 N–H and O–H groups in total. The Hall–Kier alpha value is 0.150. The third-order valence-electron chi connectivity index (χ3n) is 1.48.